The molecule has 2 rings (SSSR count). The third kappa shape index (κ3) is 10.4. The molecule has 0 spiro atoms. The Hall–Kier alpha value is -0.807. The van der Waals surface area contributed by atoms with Crippen LogP contribution in [0, 0.1) is 19.9 Å². The SMILES string of the molecule is CCC1=[C-]CC=CC1.[CH2-]C.[CH2-]c1ccccc1.[Ru+3]. The molecule has 0 atom stereocenters. The van der Waals surface area contributed by atoms with E-state index in [1.807, 2.05) is 30.3 Å². The summed E-state index contributed by atoms with van der Waals surface area (Å²) in [6, 6.07) is 9.87. The Morgan fingerprint density at radius 3 is 2.00 bits per heavy atom. The van der Waals surface area contributed by atoms with Crippen LogP contribution in [0.4, 0.5) is 0 Å². The van der Waals surface area contributed by atoms with Gasteiger partial charge >= 0.3 is 19.5 Å². The van der Waals surface area contributed by atoms with Crippen molar-refractivity contribution >= 4 is 0 Å². The van der Waals surface area contributed by atoms with Crippen LogP contribution < -0.4 is 0 Å². The van der Waals surface area contributed by atoms with Gasteiger partial charge in [0, 0.05) is 0 Å². The predicted molar refractivity (Wildman–Crippen MR) is 77.4 cm³/mol. The van der Waals surface area contributed by atoms with Crippen LogP contribution in [0.15, 0.2) is 48.1 Å². The van der Waals surface area contributed by atoms with Gasteiger partial charge < -0.3 is 13.0 Å². The Bertz CT molecular complexity index is 323. The molecule has 1 heteroatoms. The van der Waals surface area contributed by atoms with E-state index in [1.165, 1.54) is 12.0 Å². The van der Waals surface area contributed by atoms with Crippen molar-refractivity contribution in [2.45, 2.75) is 33.1 Å². The van der Waals surface area contributed by atoms with Gasteiger partial charge in [-0.2, -0.15) is 38.0 Å². The van der Waals surface area contributed by atoms with Crippen molar-refractivity contribution in [3.05, 3.63) is 73.5 Å². The van der Waals surface area contributed by atoms with Crippen molar-refractivity contribution in [2.75, 3.05) is 0 Å². The maximum Gasteiger partial charge on any atom is 3.00 e. The van der Waals surface area contributed by atoms with Crippen molar-refractivity contribution in [3.63, 3.8) is 0 Å². The van der Waals surface area contributed by atoms with E-state index < -0.39 is 0 Å². The molecule has 0 fully saturated rings. The minimum atomic E-state index is 0. The summed E-state index contributed by atoms with van der Waals surface area (Å²) in [6.07, 6.45) is 11.0. The molecule has 0 saturated carbocycles. The second kappa shape index (κ2) is 14.3. The predicted octanol–water partition coefficient (Wildman–Crippen LogP) is 5.18. The molecule has 1 aliphatic carbocycles. The third-order valence-corrected chi connectivity index (χ3v) is 2.27. The second-order valence-corrected chi connectivity index (χ2v) is 3.50. The van der Waals surface area contributed by atoms with Crippen molar-refractivity contribution in [1.82, 2.24) is 0 Å². The van der Waals surface area contributed by atoms with E-state index in [4.69, 9.17) is 0 Å². The third-order valence-electron chi connectivity index (χ3n) is 2.27. The Balaban J connectivity index is 0. The smallest absolute Gasteiger partial charge is 0.493 e. The van der Waals surface area contributed by atoms with E-state index in [9.17, 15) is 0 Å². The van der Waals surface area contributed by atoms with Crippen molar-refractivity contribution in [3.8, 4) is 0 Å². The number of hydrogen-bond acceptors (Lipinski definition) is 0. The maximum atomic E-state index is 3.72. The monoisotopic (exact) mass is 329 g/mol. The molecule has 1 radical (unpaired) electrons. The minimum absolute atomic E-state index is 0. The molecule has 0 bridgehead atoms. The number of allylic oxidation sites excluding steroid dienone is 4. The summed E-state index contributed by atoms with van der Waals surface area (Å²) in [5.74, 6) is 0. The van der Waals surface area contributed by atoms with Gasteiger partial charge in [0.2, 0.25) is 0 Å². The molecule has 1 aliphatic rings. The van der Waals surface area contributed by atoms with Gasteiger partial charge in [-0.15, -0.1) is 18.2 Å². The first kappa shape index (κ1) is 19.5. The number of hydrogen-bond donors (Lipinski definition) is 0. The van der Waals surface area contributed by atoms with E-state index >= 15 is 0 Å². The summed E-state index contributed by atoms with van der Waals surface area (Å²) < 4.78 is 0. The second-order valence-electron chi connectivity index (χ2n) is 3.50. The van der Waals surface area contributed by atoms with E-state index in [1.54, 1.807) is 6.92 Å². The van der Waals surface area contributed by atoms with Crippen LogP contribution in [0.2, 0.25) is 0 Å². The molecular weight excluding hydrogens is 305 g/mol. The van der Waals surface area contributed by atoms with Crippen LogP contribution in [0.3, 0.4) is 0 Å². The minimum Gasteiger partial charge on any atom is -0.493 e. The van der Waals surface area contributed by atoms with Gasteiger partial charge in [-0.05, 0) is 6.42 Å². The molecule has 99 valence electrons. The van der Waals surface area contributed by atoms with Gasteiger partial charge in [0.1, 0.15) is 0 Å². The van der Waals surface area contributed by atoms with Crippen LogP contribution in [0.1, 0.15) is 38.7 Å². The first-order valence-corrected chi connectivity index (χ1v) is 6.14. The zero-order chi connectivity index (χ0) is 12.9. The van der Waals surface area contributed by atoms with Crippen molar-refractivity contribution < 1.29 is 19.5 Å². The molecule has 0 nitrogen and oxygen atoms in total. The summed E-state index contributed by atoms with van der Waals surface area (Å²) >= 11 is 0. The zero-order valence-electron chi connectivity index (χ0n) is 11.4. The molecule has 0 N–H and O–H groups in total. The summed E-state index contributed by atoms with van der Waals surface area (Å²) in [5, 5.41) is 0. The quantitative estimate of drug-likeness (QED) is 0.378. The van der Waals surface area contributed by atoms with Gasteiger partial charge in [-0.3, -0.25) is 5.57 Å². The van der Waals surface area contributed by atoms with Crippen LogP contribution in [0.5, 0.6) is 0 Å². The molecule has 1 aromatic rings. The van der Waals surface area contributed by atoms with Gasteiger partial charge in [-0.1, -0.05) is 25.5 Å². The molecule has 0 heterocycles. The summed E-state index contributed by atoms with van der Waals surface area (Å²) in [5.41, 5.74) is 2.54. The van der Waals surface area contributed by atoms with Crippen LogP contribution >= 0.6 is 0 Å². The van der Waals surface area contributed by atoms with Gasteiger partial charge in [0.15, 0.2) is 0 Å². The molecular formula is C17H23Ru. The largest absolute Gasteiger partial charge is 3.00 e. The first-order chi connectivity index (χ1) is 8.33. The summed E-state index contributed by atoms with van der Waals surface area (Å²) in [7, 11) is 0. The van der Waals surface area contributed by atoms with Crippen molar-refractivity contribution in [1.29, 1.82) is 0 Å². The molecule has 0 unspecified atom stereocenters. The van der Waals surface area contributed by atoms with E-state index in [0.717, 1.165) is 18.4 Å². The van der Waals surface area contributed by atoms with Crippen LogP contribution in [0.25, 0.3) is 0 Å². The summed E-state index contributed by atoms with van der Waals surface area (Å²) in [4.78, 5) is 0. The van der Waals surface area contributed by atoms with Gasteiger partial charge in [0.25, 0.3) is 0 Å². The fourth-order valence-corrected chi connectivity index (χ4v) is 1.33. The number of rotatable bonds is 1. The Labute approximate surface area is 126 Å². The van der Waals surface area contributed by atoms with Crippen molar-refractivity contribution in [2.24, 2.45) is 0 Å². The Morgan fingerprint density at radius 1 is 1.11 bits per heavy atom. The molecule has 0 saturated heterocycles. The molecule has 0 aliphatic heterocycles. The average molecular weight is 328 g/mol. The van der Waals surface area contributed by atoms with E-state index in [0.29, 0.717) is 0 Å². The van der Waals surface area contributed by atoms with Crippen LogP contribution in [-0.2, 0) is 19.5 Å². The molecule has 0 amide bonds. The molecule has 1 aromatic carbocycles. The average Bonchev–Trinajstić information content (AvgIpc) is 2.43. The molecule has 0 aromatic heterocycles. The molecule has 18 heavy (non-hydrogen) atoms. The maximum absolute atomic E-state index is 3.72. The fraction of sp³-hybridized carbons (Fsp3) is 0.294. The summed E-state index contributed by atoms with van der Waals surface area (Å²) in [6.45, 7) is 10.9. The van der Waals surface area contributed by atoms with E-state index in [2.05, 4.69) is 39.0 Å². The van der Waals surface area contributed by atoms with E-state index in [-0.39, 0.29) is 19.5 Å². The fourth-order valence-electron chi connectivity index (χ4n) is 1.33. The standard InChI is InChI=1S/C8H11.C7H7.C2H5.Ru/c1-2-8-6-4-3-5-7-8;1-7-5-3-2-4-6-7;1-2;/h3-4H,2,5-6H2,1H3;2-6H,1H2;1H2,2H3;/q3*-1;+3. The van der Waals surface area contributed by atoms with Gasteiger partial charge in [0.05, 0.1) is 0 Å². The topological polar surface area (TPSA) is 0 Å². The zero-order valence-corrected chi connectivity index (χ0v) is 13.2. The normalized spacial score (nSPS) is 11.8. The van der Waals surface area contributed by atoms with Gasteiger partial charge in [-0.25, -0.2) is 0 Å². The first-order valence-electron chi connectivity index (χ1n) is 6.14. The van der Waals surface area contributed by atoms with Crippen LogP contribution in [-0.4, -0.2) is 0 Å². The number of benzene rings is 1. The Kier molecular flexibility index (Phi) is 15.5. The Morgan fingerprint density at radius 2 is 1.72 bits per heavy atom.